The Balaban J connectivity index is 3.21. The summed E-state index contributed by atoms with van der Waals surface area (Å²) in [5.41, 5.74) is 0.691. The van der Waals surface area contributed by atoms with E-state index in [0.29, 0.717) is 15.6 Å². The van der Waals surface area contributed by atoms with Crippen molar-refractivity contribution in [2.45, 2.75) is 6.54 Å². The first kappa shape index (κ1) is 9.85. The van der Waals surface area contributed by atoms with E-state index in [9.17, 15) is 0 Å². The number of hydrogen-bond donors (Lipinski definition) is 0. The molecule has 0 fully saturated rings. The molecule has 0 atom stereocenters. The van der Waals surface area contributed by atoms with Crippen LogP contribution in [0.15, 0.2) is 16.6 Å². The predicted octanol–water partition coefficient (Wildman–Crippen LogP) is 4.18. The third-order valence-corrected chi connectivity index (χ3v) is 2.48. The number of halogens is 3. The minimum Gasteiger partial charge on any atom is -0.312 e. The molecule has 0 amide bonds. The summed E-state index contributed by atoms with van der Waals surface area (Å²) in [7, 11) is 0. The van der Waals surface area contributed by atoms with E-state index in [0.717, 1.165) is 4.47 Å². The molecule has 0 aliphatic rings. The summed E-state index contributed by atoms with van der Waals surface area (Å²) < 4.78 is 0.825. The highest BCUT2D eigenvalue weighted by molar-refractivity contribution is 9.10. The molecule has 0 heterocycles. The van der Waals surface area contributed by atoms with E-state index in [1.807, 2.05) is 0 Å². The summed E-state index contributed by atoms with van der Waals surface area (Å²) in [5, 5.41) is 1.07. The van der Waals surface area contributed by atoms with Gasteiger partial charge in [-0.2, -0.15) is 0 Å². The summed E-state index contributed by atoms with van der Waals surface area (Å²) in [6.45, 7) is 6.91. The zero-order valence-corrected chi connectivity index (χ0v) is 9.04. The van der Waals surface area contributed by atoms with Crippen LogP contribution in [0, 0.1) is 6.57 Å². The fraction of sp³-hybridized carbons (Fsp3) is 0.125. The van der Waals surface area contributed by atoms with Gasteiger partial charge < -0.3 is 4.85 Å². The second kappa shape index (κ2) is 4.13. The van der Waals surface area contributed by atoms with E-state index in [2.05, 4.69) is 20.8 Å². The number of nitrogens with zero attached hydrogens (tertiary/aromatic N) is 1. The van der Waals surface area contributed by atoms with E-state index >= 15 is 0 Å². The van der Waals surface area contributed by atoms with Crippen LogP contribution in [0.2, 0.25) is 10.0 Å². The van der Waals surface area contributed by atoms with Crippen LogP contribution in [-0.4, -0.2) is 0 Å². The van der Waals surface area contributed by atoms with Gasteiger partial charge in [0.05, 0.1) is 15.6 Å². The van der Waals surface area contributed by atoms with E-state index in [1.165, 1.54) is 0 Å². The minimum atomic E-state index is 0.227. The molecule has 0 aliphatic heterocycles. The number of benzene rings is 1. The summed E-state index contributed by atoms with van der Waals surface area (Å²) in [6, 6.07) is 3.46. The Morgan fingerprint density at radius 3 is 2.25 bits per heavy atom. The molecule has 0 aliphatic carbocycles. The van der Waals surface area contributed by atoms with Crippen LogP contribution >= 0.6 is 39.1 Å². The standard InChI is InChI=1S/C8H4BrCl2N/c1-12-4-6-7(10)2-5(9)3-8(6)11/h2-3H,4H2. The highest BCUT2D eigenvalue weighted by atomic mass is 79.9. The maximum Gasteiger partial charge on any atom is 0.242 e. The van der Waals surface area contributed by atoms with Crippen molar-refractivity contribution in [1.82, 2.24) is 0 Å². The quantitative estimate of drug-likeness (QED) is 0.671. The van der Waals surface area contributed by atoms with Gasteiger partial charge in [0.25, 0.3) is 0 Å². The smallest absolute Gasteiger partial charge is 0.242 e. The topological polar surface area (TPSA) is 4.36 Å². The first-order valence-corrected chi connectivity index (χ1v) is 4.66. The molecule has 0 aromatic heterocycles. The van der Waals surface area contributed by atoms with Crippen LogP contribution in [-0.2, 0) is 6.54 Å². The highest BCUT2D eigenvalue weighted by Crippen LogP contribution is 2.29. The fourth-order valence-electron chi connectivity index (χ4n) is 0.802. The molecule has 0 radical (unpaired) electrons. The van der Waals surface area contributed by atoms with Gasteiger partial charge in [-0.25, -0.2) is 6.57 Å². The van der Waals surface area contributed by atoms with Gasteiger partial charge >= 0.3 is 0 Å². The zero-order valence-electron chi connectivity index (χ0n) is 5.94. The monoisotopic (exact) mass is 263 g/mol. The Kier molecular flexibility index (Phi) is 3.39. The van der Waals surface area contributed by atoms with Crippen LogP contribution in [0.4, 0.5) is 0 Å². The second-order valence-electron chi connectivity index (χ2n) is 2.16. The molecule has 1 rings (SSSR count). The molecule has 62 valence electrons. The Hall–Kier alpha value is -0.230. The van der Waals surface area contributed by atoms with Crippen molar-refractivity contribution in [3.05, 3.63) is 43.6 Å². The van der Waals surface area contributed by atoms with Gasteiger partial charge in [0, 0.05) is 4.47 Å². The average molecular weight is 265 g/mol. The Morgan fingerprint density at radius 1 is 1.33 bits per heavy atom. The molecule has 0 N–H and O–H groups in total. The van der Waals surface area contributed by atoms with Gasteiger partial charge in [0.1, 0.15) is 0 Å². The predicted molar refractivity (Wildman–Crippen MR) is 54.5 cm³/mol. The first-order valence-electron chi connectivity index (χ1n) is 3.12. The molecule has 0 saturated heterocycles. The zero-order chi connectivity index (χ0) is 9.14. The van der Waals surface area contributed by atoms with E-state index in [1.54, 1.807) is 12.1 Å². The summed E-state index contributed by atoms with van der Waals surface area (Å²) >= 11 is 15.0. The largest absolute Gasteiger partial charge is 0.312 e. The molecule has 1 aromatic carbocycles. The molecule has 0 spiro atoms. The van der Waals surface area contributed by atoms with Gasteiger partial charge in [0.15, 0.2) is 0 Å². The van der Waals surface area contributed by atoms with Crippen molar-refractivity contribution in [2.75, 3.05) is 0 Å². The molecule has 0 bridgehead atoms. The third kappa shape index (κ3) is 2.13. The molecular formula is C8H4BrCl2N. The van der Waals surface area contributed by atoms with Crippen molar-refractivity contribution in [1.29, 1.82) is 0 Å². The van der Waals surface area contributed by atoms with Crippen molar-refractivity contribution in [2.24, 2.45) is 0 Å². The summed E-state index contributed by atoms with van der Waals surface area (Å²) in [5.74, 6) is 0. The molecule has 12 heavy (non-hydrogen) atoms. The third-order valence-electron chi connectivity index (χ3n) is 1.34. The van der Waals surface area contributed by atoms with E-state index in [4.69, 9.17) is 29.8 Å². The van der Waals surface area contributed by atoms with Crippen molar-refractivity contribution < 1.29 is 0 Å². The molecule has 0 unspecified atom stereocenters. The lowest BCUT2D eigenvalue weighted by atomic mass is 10.2. The maximum absolute atomic E-state index is 6.68. The van der Waals surface area contributed by atoms with E-state index in [-0.39, 0.29) is 6.54 Å². The van der Waals surface area contributed by atoms with Gasteiger partial charge in [-0.1, -0.05) is 39.1 Å². The molecule has 4 heteroatoms. The summed E-state index contributed by atoms with van der Waals surface area (Å²) in [6.07, 6.45) is 0. The van der Waals surface area contributed by atoms with Crippen LogP contribution in [0.1, 0.15) is 5.56 Å². The minimum absolute atomic E-state index is 0.227. The normalized spacial score (nSPS) is 9.50. The second-order valence-corrected chi connectivity index (χ2v) is 3.89. The highest BCUT2D eigenvalue weighted by Gasteiger charge is 2.08. The summed E-state index contributed by atoms with van der Waals surface area (Å²) in [4.78, 5) is 3.22. The van der Waals surface area contributed by atoms with Crippen molar-refractivity contribution >= 4 is 39.1 Å². The van der Waals surface area contributed by atoms with Gasteiger partial charge in [-0.15, -0.1) is 0 Å². The van der Waals surface area contributed by atoms with Crippen molar-refractivity contribution in [3.8, 4) is 0 Å². The van der Waals surface area contributed by atoms with E-state index < -0.39 is 0 Å². The number of hydrogen-bond acceptors (Lipinski definition) is 0. The molecule has 0 saturated carbocycles. The fourth-order valence-corrected chi connectivity index (χ4v) is 2.13. The van der Waals surface area contributed by atoms with Crippen LogP contribution in [0.5, 0.6) is 0 Å². The lowest BCUT2D eigenvalue weighted by Gasteiger charge is -2.00. The lowest BCUT2D eigenvalue weighted by molar-refractivity contribution is 1.26. The molecular weight excluding hydrogens is 261 g/mol. The average Bonchev–Trinajstić information content (AvgIpc) is 1.96. The van der Waals surface area contributed by atoms with Gasteiger partial charge in [-0.3, -0.25) is 0 Å². The maximum atomic E-state index is 6.68. The molecule has 1 nitrogen and oxygen atoms in total. The van der Waals surface area contributed by atoms with Crippen LogP contribution in [0.25, 0.3) is 4.85 Å². The lowest BCUT2D eigenvalue weighted by Crippen LogP contribution is -1.83. The number of rotatable bonds is 1. The first-order chi connectivity index (χ1) is 5.65. The van der Waals surface area contributed by atoms with Crippen LogP contribution < -0.4 is 0 Å². The molecule has 1 aromatic rings. The Bertz CT molecular complexity index is 320. The van der Waals surface area contributed by atoms with Gasteiger partial charge in [-0.05, 0) is 12.1 Å². The Morgan fingerprint density at radius 2 is 1.83 bits per heavy atom. The van der Waals surface area contributed by atoms with Gasteiger partial charge in [0.2, 0.25) is 6.54 Å². The van der Waals surface area contributed by atoms with Crippen molar-refractivity contribution in [3.63, 3.8) is 0 Å². The van der Waals surface area contributed by atoms with Crippen LogP contribution in [0.3, 0.4) is 0 Å². The Labute approximate surface area is 89.2 Å². The SMILES string of the molecule is [C-]#[N+]Cc1c(Cl)cc(Br)cc1Cl.